The number of anilines is 1. The van der Waals surface area contributed by atoms with Crippen LogP contribution >= 0.6 is 0 Å². The van der Waals surface area contributed by atoms with E-state index in [0.29, 0.717) is 11.4 Å². The summed E-state index contributed by atoms with van der Waals surface area (Å²) < 4.78 is 39.6. The first-order valence-electron chi connectivity index (χ1n) is 11.5. The molecule has 8 heteroatoms. The topological polar surface area (TPSA) is 84.9 Å². The Labute approximate surface area is 206 Å². The molecule has 0 fully saturated rings. The molecule has 0 bridgehead atoms. The molecule has 0 saturated carbocycles. The number of benzene rings is 3. The number of amides is 1. The van der Waals surface area contributed by atoms with Crippen molar-refractivity contribution < 1.29 is 22.7 Å². The Hall–Kier alpha value is -3.52. The maximum Gasteiger partial charge on any atom is 0.268 e. The zero-order valence-corrected chi connectivity index (χ0v) is 21.0. The molecule has 0 aromatic heterocycles. The number of nitrogens with zero attached hydrogens (tertiary/aromatic N) is 1. The molecule has 4 rings (SSSR count). The first-order valence-corrected chi connectivity index (χ1v) is 13.0. The van der Waals surface area contributed by atoms with Crippen LogP contribution in [-0.4, -0.2) is 35.1 Å². The Kier molecular flexibility index (Phi) is 7.31. The van der Waals surface area contributed by atoms with Crippen molar-refractivity contribution in [2.75, 3.05) is 25.1 Å². The van der Waals surface area contributed by atoms with E-state index in [4.69, 9.17) is 9.47 Å². The van der Waals surface area contributed by atoms with Crippen molar-refractivity contribution in [2.24, 2.45) is 0 Å². The highest BCUT2D eigenvalue weighted by atomic mass is 32.2. The number of nitrogens with one attached hydrogen (secondary N) is 1. The highest BCUT2D eigenvalue weighted by Crippen LogP contribution is 2.33. The van der Waals surface area contributed by atoms with Crippen molar-refractivity contribution in [3.63, 3.8) is 0 Å². The van der Waals surface area contributed by atoms with Gasteiger partial charge in [0.1, 0.15) is 22.9 Å². The summed E-state index contributed by atoms with van der Waals surface area (Å²) in [6, 6.07) is 19.5. The van der Waals surface area contributed by atoms with E-state index in [9.17, 15) is 13.2 Å². The van der Waals surface area contributed by atoms with Crippen LogP contribution in [0.25, 0.3) is 0 Å². The van der Waals surface area contributed by atoms with Crippen LogP contribution in [-0.2, 0) is 21.2 Å². The lowest BCUT2D eigenvalue weighted by atomic mass is 9.88. The first-order chi connectivity index (χ1) is 16.8. The van der Waals surface area contributed by atoms with E-state index in [0.717, 1.165) is 34.7 Å². The number of fused-ring (bicyclic) bond motifs is 1. The third-order valence-electron chi connectivity index (χ3n) is 6.22. The number of hydrogen-bond donors (Lipinski definition) is 1. The minimum absolute atomic E-state index is 0.00127. The lowest BCUT2D eigenvalue weighted by Gasteiger charge is -2.29. The fourth-order valence-electron chi connectivity index (χ4n) is 4.46. The fraction of sp³-hybridized carbons (Fsp3) is 0.296. The van der Waals surface area contributed by atoms with Gasteiger partial charge in [-0.25, -0.2) is 8.42 Å². The van der Waals surface area contributed by atoms with E-state index < -0.39 is 10.0 Å². The SMILES string of the molecule is COc1cccc(N(CC(=O)NC2CCCc3ccccc32)S(=O)(=O)c2cc(C)ccc2OC)c1. The van der Waals surface area contributed by atoms with E-state index in [1.165, 1.54) is 19.8 Å². The number of aryl methyl sites for hydroxylation is 2. The molecule has 0 radical (unpaired) electrons. The summed E-state index contributed by atoms with van der Waals surface area (Å²) in [5.74, 6) is 0.315. The molecule has 1 aliphatic rings. The van der Waals surface area contributed by atoms with Crippen molar-refractivity contribution >= 4 is 21.6 Å². The number of ether oxygens (including phenoxy) is 2. The zero-order valence-electron chi connectivity index (χ0n) is 20.2. The second-order valence-electron chi connectivity index (χ2n) is 8.58. The normalized spacial score (nSPS) is 15.1. The second kappa shape index (κ2) is 10.4. The van der Waals surface area contributed by atoms with Gasteiger partial charge in [0.25, 0.3) is 10.0 Å². The standard InChI is InChI=1S/C27H30N2O5S/c1-19-14-15-25(34-3)26(16-19)35(31,32)29(21-10-7-11-22(17-21)33-2)18-27(30)28-24-13-6-9-20-8-4-5-12-23(20)24/h4-5,7-8,10-12,14-17,24H,6,9,13,18H2,1-3H3,(H,28,30). The minimum atomic E-state index is -4.15. The number of methoxy groups -OCH3 is 2. The molecule has 7 nitrogen and oxygen atoms in total. The average Bonchev–Trinajstić information content (AvgIpc) is 2.87. The maximum atomic E-state index is 13.9. The summed E-state index contributed by atoms with van der Waals surface area (Å²) in [6.45, 7) is 1.42. The third-order valence-corrected chi connectivity index (χ3v) is 8.02. The quantitative estimate of drug-likeness (QED) is 0.502. The monoisotopic (exact) mass is 494 g/mol. The largest absolute Gasteiger partial charge is 0.497 e. The predicted octanol–water partition coefficient (Wildman–Crippen LogP) is 4.40. The molecule has 3 aromatic carbocycles. The average molecular weight is 495 g/mol. The summed E-state index contributed by atoms with van der Waals surface area (Å²) in [5.41, 5.74) is 3.39. The highest BCUT2D eigenvalue weighted by Gasteiger charge is 2.31. The lowest BCUT2D eigenvalue weighted by molar-refractivity contribution is -0.120. The molecule has 1 unspecified atom stereocenters. The van der Waals surface area contributed by atoms with Crippen LogP contribution < -0.4 is 19.1 Å². The molecule has 0 spiro atoms. The molecule has 1 amide bonds. The molecule has 184 valence electrons. The number of carbonyl (C=O) groups excluding carboxylic acids is 1. The summed E-state index contributed by atoms with van der Waals surface area (Å²) in [7, 11) is -1.22. The van der Waals surface area contributed by atoms with E-state index in [2.05, 4.69) is 11.4 Å². The maximum absolute atomic E-state index is 13.9. The Morgan fingerprint density at radius 2 is 1.83 bits per heavy atom. The van der Waals surface area contributed by atoms with Crippen molar-refractivity contribution in [1.82, 2.24) is 5.32 Å². The molecular weight excluding hydrogens is 464 g/mol. The third kappa shape index (κ3) is 5.27. The van der Waals surface area contributed by atoms with E-state index in [-0.39, 0.29) is 29.1 Å². The summed E-state index contributed by atoms with van der Waals surface area (Å²) in [5, 5.41) is 3.06. The van der Waals surface area contributed by atoms with Gasteiger partial charge in [0.05, 0.1) is 25.9 Å². The molecule has 0 aliphatic heterocycles. The summed E-state index contributed by atoms with van der Waals surface area (Å²) in [4.78, 5) is 13.3. The van der Waals surface area contributed by atoms with Crippen LogP contribution in [0.4, 0.5) is 5.69 Å². The minimum Gasteiger partial charge on any atom is -0.497 e. The van der Waals surface area contributed by atoms with Gasteiger partial charge in [-0.2, -0.15) is 0 Å². The summed E-state index contributed by atoms with van der Waals surface area (Å²) >= 11 is 0. The Bertz CT molecular complexity index is 1320. The van der Waals surface area contributed by atoms with Gasteiger partial charge in [0.15, 0.2) is 0 Å². The molecule has 35 heavy (non-hydrogen) atoms. The molecular formula is C27H30N2O5S. The van der Waals surface area contributed by atoms with Crippen molar-refractivity contribution in [3.05, 3.63) is 83.4 Å². The van der Waals surface area contributed by atoms with Crippen LogP contribution in [0.5, 0.6) is 11.5 Å². The van der Waals surface area contributed by atoms with Crippen molar-refractivity contribution in [3.8, 4) is 11.5 Å². The van der Waals surface area contributed by atoms with Crippen LogP contribution in [0.1, 0.15) is 35.6 Å². The number of sulfonamides is 1. The summed E-state index contributed by atoms with van der Waals surface area (Å²) in [6.07, 6.45) is 2.74. The predicted molar refractivity (Wildman–Crippen MR) is 136 cm³/mol. The molecule has 0 saturated heterocycles. The fourth-order valence-corrected chi connectivity index (χ4v) is 6.12. The number of rotatable bonds is 8. The molecule has 1 aliphatic carbocycles. The van der Waals surface area contributed by atoms with Crippen molar-refractivity contribution in [1.29, 1.82) is 0 Å². The molecule has 0 heterocycles. The zero-order chi connectivity index (χ0) is 25.0. The van der Waals surface area contributed by atoms with E-state index in [1.54, 1.807) is 42.5 Å². The van der Waals surface area contributed by atoms with Crippen LogP contribution in [0.3, 0.4) is 0 Å². The van der Waals surface area contributed by atoms with Crippen LogP contribution in [0.15, 0.2) is 71.6 Å². The second-order valence-corrected chi connectivity index (χ2v) is 10.4. The van der Waals surface area contributed by atoms with Crippen LogP contribution in [0, 0.1) is 6.92 Å². The van der Waals surface area contributed by atoms with Gasteiger partial charge in [-0.15, -0.1) is 0 Å². The Morgan fingerprint density at radius 3 is 2.60 bits per heavy atom. The molecule has 1 atom stereocenters. The van der Waals surface area contributed by atoms with Gasteiger partial charge >= 0.3 is 0 Å². The Morgan fingerprint density at radius 1 is 1.03 bits per heavy atom. The number of carbonyl (C=O) groups is 1. The lowest BCUT2D eigenvalue weighted by Crippen LogP contribution is -2.42. The van der Waals surface area contributed by atoms with Gasteiger partial charge in [-0.3, -0.25) is 9.10 Å². The van der Waals surface area contributed by atoms with E-state index in [1.807, 2.05) is 25.1 Å². The number of hydrogen-bond acceptors (Lipinski definition) is 5. The Balaban J connectivity index is 1.69. The highest BCUT2D eigenvalue weighted by molar-refractivity contribution is 7.93. The van der Waals surface area contributed by atoms with Crippen molar-refractivity contribution in [2.45, 2.75) is 37.1 Å². The van der Waals surface area contributed by atoms with Crippen LogP contribution in [0.2, 0.25) is 0 Å². The molecule has 1 N–H and O–H groups in total. The molecule has 3 aromatic rings. The van der Waals surface area contributed by atoms with Gasteiger partial charge in [0, 0.05) is 6.07 Å². The smallest absolute Gasteiger partial charge is 0.268 e. The van der Waals surface area contributed by atoms with Gasteiger partial charge in [0.2, 0.25) is 5.91 Å². The van der Waals surface area contributed by atoms with Gasteiger partial charge in [-0.05, 0) is 67.1 Å². The van der Waals surface area contributed by atoms with Gasteiger partial charge < -0.3 is 14.8 Å². The van der Waals surface area contributed by atoms with E-state index >= 15 is 0 Å². The van der Waals surface area contributed by atoms with Gasteiger partial charge in [-0.1, -0.05) is 36.4 Å². The first kappa shape index (κ1) is 24.6.